The molecule has 0 saturated carbocycles. The molecule has 0 aliphatic rings. The first kappa shape index (κ1) is 16.5. The van der Waals surface area contributed by atoms with Gasteiger partial charge in [-0.2, -0.15) is 0 Å². The number of fused-ring (bicyclic) bond motifs is 1. The highest BCUT2D eigenvalue weighted by molar-refractivity contribution is 7.22. The first-order valence-electron chi connectivity index (χ1n) is 7.29. The normalized spacial score (nSPS) is 9.50. The summed E-state index contributed by atoms with van der Waals surface area (Å²) in [5.74, 6) is 0.983. The first-order valence-corrected chi connectivity index (χ1v) is 8.11. The Balaban J connectivity index is 0.000000461. The van der Waals surface area contributed by atoms with E-state index >= 15 is 0 Å². The zero-order chi connectivity index (χ0) is 15.1. The van der Waals surface area contributed by atoms with Crippen molar-refractivity contribution in [1.29, 1.82) is 0 Å². The van der Waals surface area contributed by atoms with Gasteiger partial charge in [-0.1, -0.05) is 57.5 Å². The molecular formula is C18H24OS. The summed E-state index contributed by atoms with van der Waals surface area (Å²) >= 11 is 1.78. The van der Waals surface area contributed by atoms with Gasteiger partial charge in [0.15, 0.2) is 0 Å². The van der Waals surface area contributed by atoms with Gasteiger partial charge < -0.3 is 4.42 Å². The van der Waals surface area contributed by atoms with Gasteiger partial charge in [0, 0.05) is 10.9 Å². The minimum Gasteiger partial charge on any atom is -0.460 e. The lowest BCUT2D eigenvalue weighted by Crippen LogP contribution is -1.73. The van der Waals surface area contributed by atoms with Crippen molar-refractivity contribution in [3.8, 4) is 10.4 Å². The summed E-state index contributed by atoms with van der Waals surface area (Å²) < 4.78 is 6.83. The lowest BCUT2D eigenvalue weighted by molar-refractivity contribution is 0.579. The summed E-state index contributed by atoms with van der Waals surface area (Å²) in [5, 5.41) is 0. The van der Waals surface area contributed by atoms with Crippen LogP contribution in [0.4, 0.5) is 0 Å². The van der Waals surface area contributed by atoms with E-state index in [0.717, 1.165) is 11.3 Å². The molecule has 0 spiro atoms. The Morgan fingerprint density at radius 2 is 1.45 bits per heavy atom. The Bertz CT molecular complexity index is 598. The molecule has 0 aliphatic carbocycles. The molecule has 0 amide bonds. The van der Waals surface area contributed by atoms with Gasteiger partial charge in [-0.15, -0.1) is 11.3 Å². The monoisotopic (exact) mass is 288 g/mol. The quantitative estimate of drug-likeness (QED) is 0.478. The molecule has 2 aromatic heterocycles. The number of rotatable bonds is 1. The van der Waals surface area contributed by atoms with Gasteiger partial charge >= 0.3 is 0 Å². The van der Waals surface area contributed by atoms with Crippen molar-refractivity contribution >= 4 is 21.6 Å². The summed E-state index contributed by atoms with van der Waals surface area (Å²) in [5.41, 5.74) is 3.55. The molecule has 2 heteroatoms. The van der Waals surface area contributed by atoms with E-state index in [9.17, 15) is 0 Å². The summed E-state index contributed by atoms with van der Waals surface area (Å²) in [6.45, 7) is 12.1. The Kier molecular flexibility index (Phi) is 6.53. The van der Waals surface area contributed by atoms with Gasteiger partial charge in [-0.05, 0) is 25.5 Å². The Labute approximate surface area is 126 Å². The molecule has 2 heterocycles. The molecule has 0 aliphatic heterocycles. The zero-order valence-corrected chi connectivity index (χ0v) is 14.1. The van der Waals surface area contributed by atoms with Gasteiger partial charge in [-0.25, -0.2) is 0 Å². The van der Waals surface area contributed by atoms with Gasteiger partial charge in [0.1, 0.15) is 11.3 Å². The molecule has 0 radical (unpaired) electrons. The third-order valence-corrected chi connectivity index (χ3v) is 3.78. The molecule has 0 bridgehead atoms. The van der Waals surface area contributed by atoms with E-state index < -0.39 is 0 Å². The van der Waals surface area contributed by atoms with E-state index in [2.05, 4.69) is 43.3 Å². The second-order valence-corrected chi connectivity index (χ2v) is 5.15. The van der Waals surface area contributed by atoms with Crippen LogP contribution in [0.15, 0.2) is 40.8 Å². The van der Waals surface area contributed by atoms with Crippen molar-refractivity contribution < 1.29 is 4.42 Å². The highest BCUT2D eigenvalue weighted by Crippen LogP contribution is 2.35. The van der Waals surface area contributed by atoms with Gasteiger partial charge in [0.2, 0.25) is 0 Å². The van der Waals surface area contributed by atoms with Crippen LogP contribution in [0, 0.1) is 13.8 Å². The first-order chi connectivity index (χ1) is 9.72. The Hall–Kier alpha value is -1.54. The summed E-state index contributed by atoms with van der Waals surface area (Å²) in [4.78, 5) is 1.27. The van der Waals surface area contributed by atoms with Crippen LogP contribution in [0.2, 0.25) is 0 Å². The number of hydrogen-bond acceptors (Lipinski definition) is 2. The average Bonchev–Trinajstić information content (AvgIpc) is 3.01. The Morgan fingerprint density at radius 1 is 0.850 bits per heavy atom. The lowest BCUT2D eigenvalue weighted by Gasteiger charge is -1.97. The van der Waals surface area contributed by atoms with Crippen molar-refractivity contribution in [2.75, 3.05) is 0 Å². The average molecular weight is 288 g/mol. The van der Waals surface area contributed by atoms with Crippen molar-refractivity contribution in [2.24, 2.45) is 0 Å². The second kappa shape index (κ2) is 7.91. The van der Waals surface area contributed by atoms with Crippen LogP contribution < -0.4 is 0 Å². The highest BCUT2D eigenvalue weighted by Gasteiger charge is 2.07. The van der Waals surface area contributed by atoms with E-state index in [-0.39, 0.29) is 0 Å². The minimum atomic E-state index is 0.983. The fraction of sp³-hybridized carbons (Fsp3) is 0.333. The molecule has 0 saturated heterocycles. The topological polar surface area (TPSA) is 13.1 Å². The predicted octanol–water partition coefficient (Wildman–Crippen LogP) is 6.83. The van der Waals surface area contributed by atoms with Crippen LogP contribution in [0.5, 0.6) is 0 Å². The maximum Gasteiger partial charge on any atom is 0.145 e. The molecule has 0 fully saturated rings. The van der Waals surface area contributed by atoms with E-state index in [4.69, 9.17) is 4.42 Å². The van der Waals surface area contributed by atoms with Gasteiger partial charge in [0.25, 0.3) is 0 Å². The maximum atomic E-state index is 5.60. The van der Waals surface area contributed by atoms with E-state index in [0.29, 0.717) is 0 Å². The minimum absolute atomic E-state index is 0.983. The summed E-state index contributed by atoms with van der Waals surface area (Å²) in [6, 6.07) is 12.8. The van der Waals surface area contributed by atoms with Crippen LogP contribution in [0.25, 0.3) is 20.7 Å². The van der Waals surface area contributed by atoms with Crippen LogP contribution in [0.3, 0.4) is 0 Å². The second-order valence-electron chi connectivity index (χ2n) is 4.06. The van der Waals surface area contributed by atoms with Crippen LogP contribution in [-0.4, -0.2) is 0 Å². The molecule has 1 aromatic carbocycles. The smallest absolute Gasteiger partial charge is 0.145 e. The standard InChI is InChI=1S/C14H12OS.2C2H6/c1-9-3-5-11(6-4-9)13-8-12-14(16-13)7-10(2)15-12;2*1-2/h3-8H,1-2H3;2*1-2H3. The molecule has 20 heavy (non-hydrogen) atoms. The molecule has 0 unspecified atom stereocenters. The summed E-state index contributed by atoms with van der Waals surface area (Å²) in [6.07, 6.45) is 0. The zero-order valence-electron chi connectivity index (χ0n) is 13.3. The fourth-order valence-corrected chi connectivity index (χ4v) is 2.90. The molecule has 0 atom stereocenters. The predicted molar refractivity (Wildman–Crippen MR) is 91.7 cm³/mol. The van der Waals surface area contributed by atoms with E-state index in [1.807, 2.05) is 34.6 Å². The number of aryl methyl sites for hydroxylation is 2. The number of benzene rings is 1. The number of furan rings is 1. The third kappa shape index (κ3) is 3.73. The maximum absolute atomic E-state index is 5.60. The van der Waals surface area contributed by atoms with Crippen molar-refractivity contribution in [1.82, 2.24) is 0 Å². The number of thiophene rings is 1. The van der Waals surface area contributed by atoms with E-state index in [1.54, 1.807) is 11.3 Å². The Morgan fingerprint density at radius 3 is 2.00 bits per heavy atom. The molecule has 0 N–H and O–H groups in total. The van der Waals surface area contributed by atoms with Gasteiger partial charge in [-0.3, -0.25) is 0 Å². The highest BCUT2D eigenvalue weighted by atomic mass is 32.1. The summed E-state index contributed by atoms with van der Waals surface area (Å²) in [7, 11) is 0. The van der Waals surface area contributed by atoms with Crippen molar-refractivity contribution in [3.63, 3.8) is 0 Å². The van der Waals surface area contributed by atoms with E-state index in [1.165, 1.54) is 20.7 Å². The van der Waals surface area contributed by atoms with Gasteiger partial charge in [0.05, 0.1) is 4.70 Å². The fourth-order valence-electron chi connectivity index (χ4n) is 1.82. The van der Waals surface area contributed by atoms with Crippen LogP contribution >= 0.6 is 11.3 Å². The molecule has 1 nitrogen and oxygen atoms in total. The largest absolute Gasteiger partial charge is 0.460 e. The molecule has 3 rings (SSSR count). The molecule has 3 aromatic rings. The lowest BCUT2D eigenvalue weighted by atomic mass is 10.1. The van der Waals surface area contributed by atoms with Crippen molar-refractivity contribution in [2.45, 2.75) is 41.5 Å². The van der Waals surface area contributed by atoms with Crippen molar-refractivity contribution in [3.05, 3.63) is 47.7 Å². The SMILES string of the molecule is CC.CC.Cc1ccc(-c2cc3oc(C)cc3s2)cc1. The number of hydrogen-bond donors (Lipinski definition) is 0. The third-order valence-electron chi connectivity index (χ3n) is 2.67. The van der Waals surface area contributed by atoms with Crippen LogP contribution in [-0.2, 0) is 0 Å². The van der Waals surface area contributed by atoms with Crippen LogP contribution in [0.1, 0.15) is 39.0 Å². The molecule has 108 valence electrons. The molecular weight excluding hydrogens is 264 g/mol.